The molecule has 2 aromatic carbocycles. The molecule has 9 nitrogen and oxygen atoms in total. The third-order valence-corrected chi connectivity index (χ3v) is 8.00. The van der Waals surface area contributed by atoms with Gasteiger partial charge in [0.25, 0.3) is 5.91 Å². The van der Waals surface area contributed by atoms with Crippen molar-refractivity contribution < 1.29 is 28.6 Å². The largest absolute Gasteiger partial charge is 0.489 e. The summed E-state index contributed by atoms with van der Waals surface area (Å²) in [5.74, 6) is 1.70. The number of rotatable bonds is 5. The Morgan fingerprint density at radius 2 is 1.77 bits per heavy atom. The topological polar surface area (TPSA) is 88.6 Å². The van der Waals surface area contributed by atoms with Gasteiger partial charge in [-0.1, -0.05) is 30.4 Å². The van der Waals surface area contributed by atoms with Crippen LogP contribution in [0.25, 0.3) is 0 Å². The lowest BCUT2D eigenvalue weighted by Gasteiger charge is -2.38. The quantitative estimate of drug-likeness (QED) is 0.530. The maximum Gasteiger partial charge on any atom is 0.254 e. The van der Waals surface area contributed by atoms with Crippen LogP contribution in [-0.2, 0) is 16.1 Å². The van der Waals surface area contributed by atoms with Crippen LogP contribution in [0.15, 0.2) is 54.6 Å². The summed E-state index contributed by atoms with van der Waals surface area (Å²) in [5.41, 5.74) is 1.24. The summed E-state index contributed by atoms with van der Waals surface area (Å²) in [6.45, 7) is 7.04. The van der Waals surface area contributed by atoms with E-state index in [1.54, 1.807) is 23.1 Å². The molecule has 212 valence electrons. The van der Waals surface area contributed by atoms with Crippen LogP contribution in [-0.4, -0.2) is 78.5 Å². The molecule has 40 heavy (non-hydrogen) atoms. The van der Waals surface area contributed by atoms with E-state index in [4.69, 9.17) is 14.2 Å². The fraction of sp³-hybridized carbons (Fsp3) is 0.452. The lowest BCUT2D eigenvalue weighted by atomic mass is 9.82. The zero-order valence-corrected chi connectivity index (χ0v) is 23.2. The molecule has 3 aliphatic heterocycles. The highest BCUT2D eigenvalue weighted by atomic mass is 16.7. The van der Waals surface area contributed by atoms with Crippen LogP contribution in [0.2, 0.25) is 0 Å². The fourth-order valence-corrected chi connectivity index (χ4v) is 5.68. The smallest absolute Gasteiger partial charge is 0.254 e. The van der Waals surface area contributed by atoms with Gasteiger partial charge < -0.3 is 28.9 Å². The summed E-state index contributed by atoms with van der Waals surface area (Å²) in [6, 6.07) is 12.7. The van der Waals surface area contributed by atoms with Crippen molar-refractivity contribution in [2.24, 2.45) is 11.8 Å². The first-order valence-corrected chi connectivity index (χ1v) is 14.1. The van der Waals surface area contributed by atoms with Crippen LogP contribution in [0, 0.1) is 11.8 Å². The van der Waals surface area contributed by atoms with Gasteiger partial charge in [-0.2, -0.15) is 0 Å². The number of benzene rings is 2. The van der Waals surface area contributed by atoms with Crippen molar-refractivity contribution in [3.05, 3.63) is 65.7 Å². The molecule has 2 atom stereocenters. The summed E-state index contributed by atoms with van der Waals surface area (Å²) in [5, 5.41) is 0. The molecular weight excluding hydrogens is 510 g/mol. The number of hydrogen-bond donors (Lipinski definition) is 0. The average Bonchev–Trinajstić information content (AvgIpc) is 3.44. The number of para-hydroxylation sites is 1. The molecule has 1 fully saturated rings. The Morgan fingerprint density at radius 3 is 2.60 bits per heavy atom. The van der Waals surface area contributed by atoms with Gasteiger partial charge >= 0.3 is 0 Å². The second-order valence-corrected chi connectivity index (χ2v) is 10.4. The van der Waals surface area contributed by atoms with E-state index < -0.39 is 0 Å². The normalized spacial score (nSPS) is 21.3. The van der Waals surface area contributed by atoms with Gasteiger partial charge in [0.2, 0.25) is 18.6 Å². The third kappa shape index (κ3) is 6.08. The van der Waals surface area contributed by atoms with Gasteiger partial charge in [-0.3, -0.25) is 14.4 Å². The van der Waals surface area contributed by atoms with Crippen molar-refractivity contribution in [2.75, 3.05) is 46.1 Å². The fourth-order valence-electron chi connectivity index (χ4n) is 5.68. The highest BCUT2D eigenvalue weighted by Gasteiger charge is 2.34. The van der Waals surface area contributed by atoms with Crippen LogP contribution in [0.1, 0.15) is 42.6 Å². The summed E-state index contributed by atoms with van der Waals surface area (Å²) in [7, 11) is 0. The van der Waals surface area contributed by atoms with E-state index in [0.29, 0.717) is 62.0 Å². The number of ether oxygens (including phenoxy) is 3. The zero-order chi connectivity index (χ0) is 28.1. The molecule has 1 saturated heterocycles. The SMILES string of the molecule is CCN(CC)C(=O)C[C@@H]1CCN2C[C@@H]1/C=C\COc1ccccc1CN(C(=O)c1ccc3c(c1)OCO3)CC2=O. The Balaban J connectivity index is 1.41. The van der Waals surface area contributed by atoms with Crippen LogP contribution in [0.3, 0.4) is 0 Å². The molecule has 0 N–H and O–H groups in total. The zero-order valence-electron chi connectivity index (χ0n) is 23.2. The standard InChI is InChI=1S/C31H37N3O6/c1-3-32(4-2)29(35)17-22-13-14-33-18-24(22)9-7-15-38-26-10-6-5-8-25(26)19-34(20-30(33)36)31(37)23-11-12-27-28(16-23)40-21-39-27/h5-12,16,22,24H,3-4,13-15,17-21H2,1-2H3/b9-7-/t22-,24-/m0/s1. The van der Waals surface area contributed by atoms with Gasteiger partial charge in [0.05, 0.1) is 6.54 Å². The number of nitrogens with zero attached hydrogens (tertiary/aromatic N) is 3. The van der Waals surface area contributed by atoms with Crippen LogP contribution >= 0.6 is 0 Å². The first kappa shape index (κ1) is 27.6. The van der Waals surface area contributed by atoms with Crippen LogP contribution < -0.4 is 14.2 Å². The van der Waals surface area contributed by atoms with Crippen molar-refractivity contribution in [1.29, 1.82) is 0 Å². The Kier molecular flexibility index (Phi) is 8.57. The maximum atomic E-state index is 13.8. The molecule has 0 radical (unpaired) electrons. The minimum atomic E-state index is -0.272. The van der Waals surface area contributed by atoms with Crippen molar-refractivity contribution in [1.82, 2.24) is 14.7 Å². The van der Waals surface area contributed by atoms with E-state index in [1.807, 2.05) is 54.0 Å². The van der Waals surface area contributed by atoms with Crippen molar-refractivity contribution in [3.8, 4) is 17.2 Å². The minimum absolute atomic E-state index is 0.0230. The lowest BCUT2D eigenvalue weighted by Crippen LogP contribution is -2.48. The Hall–Kier alpha value is -4.01. The van der Waals surface area contributed by atoms with Gasteiger partial charge in [0.1, 0.15) is 18.9 Å². The van der Waals surface area contributed by atoms with Crippen molar-refractivity contribution >= 4 is 17.7 Å². The maximum absolute atomic E-state index is 13.8. The number of fused-ring (bicyclic) bond motifs is 4. The number of piperidine rings is 1. The Bertz CT molecular complexity index is 1270. The molecule has 0 unspecified atom stereocenters. The molecule has 0 saturated carbocycles. The molecule has 0 aromatic heterocycles. The number of amides is 3. The molecule has 9 heteroatoms. The monoisotopic (exact) mass is 547 g/mol. The molecule has 0 spiro atoms. The van der Waals surface area contributed by atoms with E-state index in [-0.39, 0.29) is 49.4 Å². The van der Waals surface area contributed by atoms with Crippen LogP contribution in [0.4, 0.5) is 0 Å². The second kappa shape index (κ2) is 12.4. The van der Waals surface area contributed by atoms with E-state index in [0.717, 1.165) is 12.0 Å². The molecule has 3 aliphatic rings. The van der Waals surface area contributed by atoms with Crippen molar-refractivity contribution in [3.63, 3.8) is 0 Å². The molecular formula is C31H37N3O6. The minimum Gasteiger partial charge on any atom is -0.489 e. The first-order chi connectivity index (χ1) is 19.5. The van der Waals surface area contributed by atoms with Crippen molar-refractivity contribution in [2.45, 2.75) is 33.2 Å². The van der Waals surface area contributed by atoms with Gasteiger partial charge in [0, 0.05) is 43.7 Å². The van der Waals surface area contributed by atoms with Gasteiger partial charge in [-0.25, -0.2) is 0 Å². The van der Waals surface area contributed by atoms with E-state index in [2.05, 4.69) is 6.08 Å². The third-order valence-electron chi connectivity index (χ3n) is 8.00. The van der Waals surface area contributed by atoms with E-state index in [9.17, 15) is 14.4 Å². The van der Waals surface area contributed by atoms with E-state index in [1.165, 1.54) is 0 Å². The highest BCUT2D eigenvalue weighted by Crippen LogP contribution is 2.34. The molecule has 2 aromatic rings. The molecule has 3 amide bonds. The summed E-state index contributed by atoms with van der Waals surface area (Å²) in [6.07, 6.45) is 5.26. The molecule has 5 rings (SSSR count). The second-order valence-electron chi connectivity index (χ2n) is 10.4. The molecule has 3 heterocycles. The summed E-state index contributed by atoms with van der Waals surface area (Å²) < 4.78 is 17.0. The predicted octanol–water partition coefficient (Wildman–Crippen LogP) is 3.73. The number of carbonyl (C=O) groups is 3. The average molecular weight is 548 g/mol. The van der Waals surface area contributed by atoms with Gasteiger partial charge in [0.15, 0.2) is 11.5 Å². The molecule has 0 aliphatic carbocycles. The Labute approximate surface area is 235 Å². The molecule has 2 bridgehead atoms. The summed E-state index contributed by atoms with van der Waals surface area (Å²) in [4.78, 5) is 45.6. The first-order valence-electron chi connectivity index (χ1n) is 14.1. The highest BCUT2D eigenvalue weighted by molar-refractivity contribution is 5.97. The van der Waals surface area contributed by atoms with E-state index >= 15 is 0 Å². The van der Waals surface area contributed by atoms with Crippen LogP contribution in [0.5, 0.6) is 17.2 Å². The van der Waals surface area contributed by atoms with Gasteiger partial charge in [-0.15, -0.1) is 0 Å². The number of carbonyl (C=O) groups excluding carboxylic acids is 3. The Morgan fingerprint density at radius 1 is 0.975 bits per heavy atom. The van der Waals surface area contributed by atoms with Gasteiger partial charge in [-0.05, 0) is 56.4 Å². The lowest BCUT2D eigenvalue weighted by molar-refractivity contribution is -0.135. The number of hydrogen-bond acceptors (Lipinski definition) is 6. The summed E-state index contributed by atoms with van der Waals surface area (Å²) >= 11 is 0. The predicted molar refractivity (Wildman–Crippen MR) is 149 cm³/mol.